The minimum atomic E-state index is -1.39. The van der Waals surface area contributed by atoms with Crippen LogP contribution in [0.4, 0.5) is 0 Å². The molecule has 2 unspecified atom stereocenters. The standard InChI is InChI=1S/C6H14O2P/c1-4-6(3)9(7)8-5-2/h6H,4-5H2,1-3H3/q+1. The van der Waals surface area contributed by atoms with Crippen molar-refractivity contribution in [2.24, 2.45) is 0 Å². The Labute approximate surface area is 57.5 Å². The van der Waals surface area contributed by atoms with E-state index in [0.29, 0.717) is 6.61 Å². The van der Waals surface area contributed by atoms with Gasteiger partial charge in [-0.3, -0.25) is 0 Å². The highest BCUT2D eigenvalue weighted by Gasteiger charge is 2.24. The van der Waals surface area contributed by atoms with Gasteiger partial charge in [0.25, 0.3) is 0 Å². The van der Waals surface area contributed by atoms with Crippen LogP contribution < -0.4 is 0 Å². The molecule has 0 aliphatic carbocycles. The molecule has 9 heavy (non-hydrogen) atoms. The van der Waals surface area contributed by atoms with Gasteiger partial charge in [-0.05, 0) is 24.8 Å². The van der Waals surface area contributed by atoms with Crippen molar-refractivity contribution in [1.29, 1.82) is 0 Å². The van der Waals surface area contributed by atoms with Gasteiger partial charge in [0.1, 0.15) is 0 Å². The zero-order valence-corrected chi connectivity index (χ0v) is 7.15. The van der Waals surface area contributed by atoms with Crippen LogP contribution in [0, 0.1) is 0 Å². The molecule has 0 N–H and O–H groups in total. The lowest BCUT2D eigenvalue weighted by Crippen LogP contribution is -1.94. The molecule has 0 spiro atoms. The second-order valence-corrected chi connectivity index (χ2v) is 3.67. The van der Waals surface area contributed by atoms with Crippen molar-refractivity contribution < 1.29 is 9.09 Å². The van der Waals surface area contributed by atoms with Crippen molar-refractivity contribution in [3.05, 3.63) is 0 Å². The number of hydrogen-bond acceptors (Lipinski definition) is 2. The summed E-state index contributed by atoms with van der Waals surface area (Å²) in [6.45, 7) is 6.36. The second kappa shape index (κ2) is 4.89. The van der Waals surface area contributed by atoms with Crippen LogP contribution in [0.5, 0.6) is 0 Å². The van der Waals surface area contributed by atoms with Crippen molar-refractivity contribution in [3.63, 3.8) is 0 Å². The molecule has 0 aliphatic rings. The van der Waals surface area contributed by atoms with Gasteiger partial charge in [0.15, 0.2) is 5.66 Å². The normalized spacial score (nSPS) is 15.2. The van der Waals surface area contributed by atoms with Gasteiger partial charge >= 0.3 is 8.03 Å². The Morgan fingerprint density at radius 3 is 2.44 bits per heavy atom. The van der Waals surface area contributed by atoms with Gasteiger partial charge < -0.3 is 0 Å². The predicted molar refractivity (Wildman–Crippen MR) is 39.0 cm³/mol. The van der Waals surface area contributed by atoms with Crippen LogP contribution in [0.3, 0.4) is 0 Å². The summed E-state index contributed by atoms with van der Waals surface area (Å²) in [6.07, 6.45) is 0.926. The van der Waals surface area contributed by atoms with Gasteiger partial charge in [0, 0.05) is 0 Å². The Balaban J connectivity index is 3.46. The first-order valence-corrected chi connectivity index (χ1v) is 4.56. The molecule has 2 atom stereocenters. The van der Waals surface area contributed by atoms with Gasteiger partial charge in [0.05, 0.1) is 6.61 Å². The minimum Gasteiger partial charge on any atom is -0.146 e. The topological polar surface area (TPSA) is 26.3 Å². The van der Waals surface area contributed by atoms with E-state index in [1.165, 1.54) is 0 Å². The van der Waals surface area contributed by atoms with E-state index in [9.17, 15) is 4.57 Å². The molecular formula is C6H14O2P+. The second-order valence-electron chi connectivity index (χ2n) is 1.96. The van der Waals surface area contributed by atoms with Crippen LogP contribution in [0.1, 0.15) is 27.2 Å². The third-order valence-electron chi connectivity index (χ3n) is 1.21. The zero-order chi connectivity index (χ0) is 7.28. The SMILES string of the molecule is CCO[P+](=O)C(C)CC. The number of rotatable bonds is 4. The molecule has 0 bridgehead atoms. The summed E-state index contributed by atoms with van der Waals surface area (Å²) in [5, 5.41) is 0. The summed E-state index contributed by atoms with van der Waals surface area (Å²) in [6, 6.07) is 0. The maximum absolute atomic E-state index is 10.9. The van der Waals surface area contributed by atoms with Crippen LogP contribution in [0.2, 0.25) is 0 Å². The van der Waals surface area contributed by atoms with E-state index in [2.05, 4.69) is 0 Å². The molecule has 0 saturated heterocycles. The molecule has 0 heterocycles. The summed E-state index contributed by atoms with van der Waals surface area (Å²) in [4.78, 5) is 0. The molecule has 0 aromatic rings. The molecule has 2 nitrogen and oxygen atoms in total. The van der Waals surface area contributed by atoms with Crippen molar-refractivity contribution in [1.82, 2.24) is 0 Å². The summed E-state index contributed by atoms with van der Waals surface area (Å²) < 4.78 is 15.8. The Hall–Kier alpha value is 0.0600. The monoisotopic (exact) mass is 149 g/mol. The fraction of sp³-hybridized carbons (Fsp3) is 1.00. The van der Waals surface area contributed by atoms with Crippen LogP contribution >= 0.6 is 8.03 Å². The van der Waals surface area contributed by atoms with Crippen LogP contribution in [0.15, 0.2) is 0 Å². The third-order valence-corrected chi connectivity index (χ3v) is 2.80. The van der Waals surface area contributed by atoms with E-state index in [4.69, 9.17) is 4.52 Å². The molecule has 0 radical (unpaired) electrons. The fourth-order valence-electron chi connectivity index (χ4n) is 0.404. The average molecular weight is 149 g/mol. The maximum Gasteiger partial charge on any atom is 0.510 e. The number of hydrogen-bond donors (Lipinski definition) is 0. The van der Waals surface area contributed by atoms with Gasteiger partial charge in [-0.1, -0.05) is 6.92 Å². The maximum atomic E-state index is 10.9. The first-order valence-electron chi connectivity index (χ1n) is 3.31. The first-order chi connectivity index (χ1) is 4.22. The molecule has 0 aromatic carbocycles. The zero-order valence-electron chi connectivity index (χ0n) is 6.26. The molecule has 0 rings (SSSR count). The highest BCUT2D eigenvalue weighted by molar-refractivity contribution is 7.39. The molecule has 3 heteroatoms. The molecule has 0 aromatic heterocycles. The Bertz CT molecular complexity index is 93.1. The van der Waals surface area contributed by atoms with Crippen molar-refractivity contribution >= 4 is 8.03 Å². The van der Waals surface area contributed by atoms with Crippen molar-refractivity contribution in [2.45, 2.75) is 32.9 Å². The Morgan fingerprint density at radius 1 is 1.56 bits per heavy atom. The molecule has 54 valence electrons. The van der Waals surface area contributed by atoms with Crippen LogP contribution in [-0.2, 0) is 9.09 Å². The highest BCUT2D eigenvalue weighted by Crippen LogP contribution is 2.30. The Kier molecular flexibility index (Phi) is 4.93. The van der Waals surface area contributed by atoms with Crippen LogP contribution in [0.25, 0.3) is 0 Å². The lowest BCUT2D eigenvalue weighted by atomic mass is 10.4. The smallest absolute Gasteiger partial charge is 0.146 e. The van der Waals surface area contributed by atoms with Gasteiger partial charge in [-0.15, -0.1) is 4.52 Å². The van der Waals surface area contributed by atoms with Crippen molar-refractivity contribution in [3.8, 4) is 0 Å². The molecular weight excluding hydrogens is 135 g/mol. The average Bonchev–Trinajstić information content (AvgIpc) is 1.87. The Morgan fingerprint density at radius 2 is 2.11 bits per heavy atom. The largest absolute Gasteiger partial charge is 0.510 e. The summed E-state index contributed by atoms with van der Waals surface area (Å²) >= 11 is 0. The summed E-state index contributed by atoms with van der Waals surface area (Å²) in [7, 11) is -1.39. The third kappa shape index (κ3) is 3.61. The molecule has 0 amide bonds. The fourth-order valence-corrected chi connectivity index (χ4v) is 1.21. The first kappa shape index (κ1) is 9.06. The lowest BCUT2D eigenvalue weighted by molar-refractivity contribution is 0.344. The summed E-state index contributed by atoms with van der Waals surface area (Å²) in [5.74, 6) is 0. The van der Waals surface area contributed by atoms with E-state index in [-0.39, 0.29) is 5.66 Å². The highest BCUT2D eigenvalue weighted by atomic mass is 31.1. The minimum absolute atomic E-state index is 0.208. The van der Waals surface area contributed by atoms with E-state index >= 15 is 0 Å². The summed E-state index contributed by atoms with van der Waals surface area (Å²) in [5.41, 5.74) is 0.208. The van der Waals surface area contributed by atoms with E-state index in [0.717, 1.165) is 6.42 Å². The lowest BCUT2D eigenvalue weighted by Gasteiger charge is -1.90. The van der Waals surface area contributed by atoms with Gasteiger partial charge in [-0.2, -0.15) is 0 Å². The van der Waals surface area contributed by atoms with Gasteiger partial charge in [-0.25, -0.2) is 0 Å². The van der Waals surface area contributed by atoms with Crippen LogP contribution in [-0.4, -0.2) is 12.3 Å². The van der Waals surface area contributed by atoms with E-state index < -0.39 is 8.03 Å². The van der Waals surface area contributed by atoms with Gasteiger partial charge in [0.2, 0.25) is 0 Å². The molecule has 0 aliphatic heterocycles. The molecule has 0 fully saturated rings. The quantitative estimate of drug-likeness (QED) is 0.574. The van der Waals surface area contributed by atoms with E-state index in [1.54, 1.807) is 0 Å². The molecule has 0 saturated carbocycles. The predicted octanol–water partition coefficient (Wildman–Crippen LogP) is 2.56. The van der Waals surface area contributed by atoms with Crippen molar-refractivity contribution in [2.75, 3.05) is 6.61 Å². The van der Waals surface area contributed by atoms with E-state index in [1.807, 2.05) is 20.8 Å².